The maximum atomic E-state index is 13.7. The molecular weight excluding hydrogens is 247 g/mol. The van der Waals surface area contributed by atoms with E-state index in [9.17, 15) is 14.0 Å². The first-order valence-corrected chi connectivity index (χ1v) is 7.12. The summed E-state index contributed by atoms with van der Waals surface area (Å²) in [6.07, 6.45) is 1.70. The second-order valence-corrected chi connectivity index (χ2v) is 6.79. The first-order valence-electron chi connectivity index (χ1n) is 7.12. The summed E-state index contributed by atoms with van der Waals surface area (Å²) in [6.45, 7) is 6.57. The maximum Gasteiger partial charge on any atom is 0.260 e. The number of carbonyl (C=O) groups excluding carboxylic acids is 2. The van der Waals surface area contributed by atoms with Crippen molar-refractivity contribution in [2.75, 3.05) is 26.2 Å². The summed E-state index contributed by atoms with van der Waals surface area (Å²) in [7, 11) is 0. The van der Waals surface area contributed by atoms with Crippen molar-refractivity contribution in [2.45, 2.75) is 38.8 Å². The molecule has 3 rings (SSSR count). The molecule has 0 atom stereocenters. The summed E-state index contributed by atoms with van der Waals surface area (Å²) < 4.78 is 13.7. The van der Waals surface area contributed by atoms with Crippen LogP contribution in [0.2, 0.25) is 0 Å². The highest BCUT2D eigenvalue weighted by Crippen LogP contribution is 2.46. The zero-order chi connectivity index (χ0) is 13.8. The summed E-state index contributed by atoms with van der Waals surface area (Å²) in [5.74, 6) is -0.119. The summed E-state index contributed by atoms with van der Waals surface area (Å²) in [6, 6.07) is 0. The summed E-state index contributed by atoms with van der Waals surface area (Å²) >= 11 is 0. The Morgan fingerprint density at radius 2 is 1.63 bits per heavy atom. The van der Waals surface area contributed by atoms with Crippen molar-refractivity contribution in [3.63, 3.8) is 0 Å². The molecule has 2 amide bonds. The normalized spacial score (nSPS) is 26.7. The van der Waals surface area contributed by atoms with E-state index in [0.29, 0.717) is 25.9 Å². The number of rotatable bonds is 2. The van der Waals surface area contributed by atoms with Crippen LogP contribution in [-0.4, -0.2) is 53.5 Å². The number of hydrogen-bond donors (Lipinski definition) is 0. The van der Waals surface area contributed by atoms with Crippen LogP contribution < -0.4 is 0 Å². The standard InChI is InChI=1S/C14H21FN2O2/c1-10(2)11(18)16-6-5-13(7-16)8-17(9-13)12(19)14(15)3-4-14/h10H,3-9H2,1-2H3. The van der Waals surface area contributed by atoms with E-state index in [0.717, 1.165) is 19.5 Å². The quantitative estimate of drug-likeness (QED) is 0.755. The number of likely N-dealkylation sites (tertiary alicyclic amines) is 2. The van der Waals surface area contributed by atoms with E-state index in [2.05, 4.69) is 0 Å². The van der Waals surface area contributed by atoms with E-state index in [1.165, 1.54) is 0 Å². The van der Waals surface area contributed by atoms with Crippen LogP contribution in [-0.2, 0) is 9.59 Å². The topological polar surface area (TPSA) is 40.6 Å². The Morgan fingerprint density at radius 1 is 1.05 bits per heavy atom. The fourth-order valence-corrected chi connectivity index (χ4v) is 3.26. The Balaban J connectivity index is 1.56. The van der Waals surface area contributed by atoms with Crippen LogP contribution >= 0.6 is 0 Å². The molecule has 3 fully saturated rings. The molecule has 0 bridgehead atoms. The molecule has 0 unspecified atom stereocenters. The third-order valence-corrected chi connectivity index (χ3v) is 4.66. The minimum atomic E-state index is -1.55. The molecule has 4 nitrogen and oxygen atoms in total. The van der Waals surface area contributed by atoms with Crippen LogP contribution in [0.4, 0.5) is 4.39 Å². The van der Waals surface area contributed by atoms with Crippen LogP contribution in [0, 0.1) is 11.3 Å². The van der Waals surface area contributed by atoms with Crippen molar-refractivity contribution in [1.82, 2.24) is 9.80 Å². The van der Waals surface area contributed by atoms with E-state index in [4.69, 9.17) is 0 Å². The minimum absolute atomic E-state index is 0.0218. The minimum Gasteiger partial charge on any atom is -0.342 e. The number of carbonyl (C=O) groups is 2. The van der Waals surface area contributed by atoms with Gasteiger partial charge in [-0.15, -0.1) is 0 Å². The van der Waals surface area contributed by atoms with Gasteiger partial charge in [-0.2, -0.15) is 0 Å². The summed E-state index contributed by atoms with van der Waals surface area (Å²) in [5, 5.41) is 0. The van der Waals surface area contributed by atoms with E-state index in [1.54, 1.807) is 4.90 Å². The summed E-state index contributed by atoms with van der Waals surface area (Å²) in [4.78, 5) is 27.3. The van der Waals surface area contributed by atoms with Crippen molar-refractivity contribution in [3.05, 3.63) is 0 Å². The van der Waals surface area contributed by atoms with Gasteiger partial charge in [-0.3, -0.25) is 9.59 Å². The highest BCUT2D eigenvalue weighted by Gasteiger charge is 2.58. The Labute approximate surface area is 112 Å². The molecule has 0 N–H and O–H groups in total. The molecule has 5 heteroatoms. The third kappa shape index (κ3) is 2.03. The van der Waals surface area contributed by atoms with Crippen molar-refractivity contribution >= 4 is 11.8 Å². The monoisotopic (exact) mass is 268 g/mol. The van der Waals surface area contributed by atoms with Gasteiger partial charge in [0.2, 0.25) is 5.91 Å². The van der Waals surface area contributed by atoms with E-state index >= 15 is 0 Å². The number of nitrogens with zero attached hydrogens (tertiary/aromatic N) is 2. The van der Waals surface area contributed by atoms with Crippen molar-refractivity contribution in [2.24, 2.45) is 11.3 Å². The largest absolute Gasteiger partial charge is 0.342 e. The Kier molecular flexibility index (Phi) is 2.67. The van der Waals surface area contributed by atoms with Gasteiger partial charge in [0, 0.05) is 37.5 Å². The lowest BCUT2D eigenvalue weighted by atomic mass is 9.78. The molecule has 2 heterocycles. The second-order valence-electron chi connectivity index (χ2n) is 6.79. The lowest BCUT2D eigenvalue weighted by Gasteiger charge is -2.48. The molecule has 1 aliphatic carbocycles. The molecular formula is C14H21FN2O2. The zero-order valence-corrected chi connectivity index (χ0v) is 11.6. The number of hydrogen-bond acceptors (Lipinski definition) is 2. The molecule has 3 aliphatic rings. The van der Waals surface area contributed by atoms with E-state index in [-0.39, 0.29) is 23.1 Å². The van der Waals surface area contributed by atoms with Crippen LogP contribution in [0.1, 0.15) is 33.1 Å². The predicted octanol–water partition coefficient (Wildman–Crippen LogP) is 1.21. The van der Waals surface area contributed by atoms with Gasteiger partial charge in [-0.25, -0.2) is 4.39 Å². The average Bonchev–Trinajstić information content (AvgIpc) is 2.92. The number of halogens is 1. The first kappa shape index (κ1) is 12.9. The molecule has 0 aromatic heterocycles. The molecule has 1 spiro atoms. The molecule has 2 saturated heterocycles. The molecule has 19 heavy (non-hydrogen) atoms. The molecule has 0 aromatic rings. The van der Waals surface area contributed by atoms with Crippen LogP contribution in [0.25, 0.3) is 0 Å². The smallest absolute Gasteiger partial charge is 0.260 e. The zero-order valence-electron chi connectivity index (χ0n) is 11.6. The summed E-state index contributed by atoms with van der Waals surface area (Å²) in [5.41, 5.74) is -1.50. The molecule has 0 radical (unpaired) electrons. The molecule has 1 saturated carbocycles. The molecule has 0 aromatic carbocycles. The van der Waals surface area contributed by atoms with Crippen LogP contribution in [0.5, 0.6) is 0 Å². The number of alkyl halides is 1. The third-order valence-electron chi connectivity index (χ3n) is 4.66. The second kappa shape index (κ2) is 3.93. The van der Waals surface area contributed by atoms with Crippen molar-refractivity contribution < 1.29 is 14.0 Å². The van der Waals surface area contributed by atoms with Crippen LogP contribution in [0.15, 0.2) is 0 Å². The SMILES string of the molecule is CC(C)C(=O)N1CCC2(C1)CN(C(=O)C1(F)CC1)C2. The van der Waals surface area contributed by atoms with Gasteiger partial charge in [-0.05, 0) is 19.3 Å². The average molecular weight is 268 g/mol. The maximum absolute atomic E-state index is 13.7. The van der Waals surface area contributed by atoms with Crippen molar-refractivity contribution in [3.8, 4) is 0 Å². The van der Waals surface area contributed by atoms with E-state index < -0.39 is 5.67 Å². The Morgan fingerprint density at radius 3 is 2.16 bits per heavy atom. The Bertz CT molecular complexity index is 425. The number of amides is 2. The van der Waals surface area contributed by atoms with Gasteiger partial charge in [-0.1, -0.05) is 13.8 Å². The molecule has 2 aliphatic heterocycles. The van der Waals surface area contributed by atoms with Gasteiger partial charge in [0.25, 0.3) is 5.91 Å². The van der Waals surface area contributed by atoms with E-state index in [1.807, 2.05) is 18.7 Å². The van der Waals surface area contributed by atoms with Crippen molar-refractivity contribution in [1.29, 1.82) is 0 Å². The van der Waals surface area contributed by atoms with Gasteiger partial charge in [0.05, 0.1) is 0 Å². The Hall–Kier alpha value is -1.13. The van der Waals surface area contributed by atoms with Gasteiger partial charge in [0.15, 0.2) is 5.67 Å². The van der Waals surface area contributed by atoms with Crippen LogP contribution in [0.3, 0.4) is 0 Å². The van der Waals surface area contributed by atoms with Gasteiger partial charge >= 0.3 is 0 Å². The molecule has 106 valence electrons. The lowest BCUT2D eigenvalue weighted by Crippen LogP contribution is -2.61. The fraction of sp³-hybridized carbons (Fsp3) is 0.857. The lowest BCUT2D eigenvalue weighted by molar-refractivity contribution is -0.150. The van der Waals surface area contributed by atoms with Gasteiger partial charge < -0.3 is 9.80 Å². The first-order chi connectivity index (χ1) is 8.85. The van der Waals surface area contributed by atoms with Gasteiger partial charge in [0.1, 0.15) is 0 Å². The highest BCUT2D eigenvalue weighted by molar-refractivity contribution is 5.88. The highest BCUT2D eigenvalue weighted by atomic mass is 19.1. The fourth-order valence-electron chi connectivity index (χ4n) is 3.26. The predicted molar refractivity (Wildman–Crippen MR) is 68.1 cm³/mol.